The number of benzene rings is 7. The van der Waals surface area contributed by atoms with Crippen LogP contribution in [-0.4, -0.2) is 4.98 Å². The molecule has 0 aliphatic heterocycles. The van der Waals surface area contributed by atoms with Crippen LogP contribution < -0.4 is 4.90 Å². The molecule has 0 radical (unpaired) electrons. The molecule has 9 aromatic rings. The first-order chi connectivity index (χ1) is 25.8. The van der Waals surface area contributed by atoms with E-state index < -0.39 is 0 Å². The van der Waals surface area contributed by atoms with Crippen molar-refractivity contribution in [2.45, 2.75) is 38.5 Å². The minimum atomic E-state index is -0.122. The van der Waals surface area contributed by atoms with Gasteiger partial charge < -0.3 is 13.7 Å². The second-order valence-corrected chi connectivity index (χ2v) is 15.6. The predicted octanol–water partition coefficient (Wildman–Crippen LogP) is 13.5. The number of hydrogen-bond acceptors (Lipinski definition) is 4. The smallest absolute Gasteiger partial charge is 0.227 e. The van der Waals surface area contributed by atoms with Crippen molar-refractivity contribution in [3.63, 3.8) is 0 Å². The molecule has 0 unspecified atom stereocenters. The Kier molecular flexibility index (Phi) is 6.04. The van der Waals surface area contributed by atoms with E-state index in [2.05, 4.69) is 142 Å². The highest BCUT2D eigenvalue weighted by Gasteiger charge is 2.39. The Hall–Kier alpha value is -6.39. The van der Waals surface area contributed by atoms with Gasteiger partial charge in [-0.25, -0.2) is 4.98 Å². The number of rotatable bonds is 4. The quantitative estimate of drug-likeness (QED) is 0.185. The fraction of sp³-hybridized carbons (Fsp3) is 0.122. The van der Waals surface area contributed by atoms with Crippen molar-refractivity contribution in [2.75, 3.05) is 4.90 Å². The molecular formula is C49H36N2O2. The minimum absolute atomic E-state index is 0.0741. The van der Waals surface area contributed by atoms with Crippen LogP contribution >= 0.6 is 0 Å². The van der Waals surface area contributed by atoms with Gasteiger partial charge in [0.15, 0.2) is 5.58 Å². The predicted molar refractivity (Wildman–Crippen MR) is 217 cm³/mol. The van der Waals surface area contributed by atoms with Gasteiger partial charge in [-0.3, -0.25) is 0 Å². The van der Waals surface area contributed by atoms with Crippen LogP contribution in [0.25, 0.3) is 66.7 Å². The summed E-state index contributed by atoms with van der Waals surface area (Å²) in [6, 6.07) is 52.2. The highest BCUT2D eigenvalue weighted by atomic mass is 16.4. The van der Waals surface area contributed by atoms with E-state index in [1.165, 1.54) is 44.5 Å². The number of aromatic nitrogens is 1. The number of furan rings is 1. The Bertz CT molecular complexity index is 2960. The Labute approximate surface area is 308 Å². The number of anilines is 3. The van der Waals surface area contributed by atoms with E-state index >= 15 is 0 Å². The van der Waals surface area contributed by atoms with E-state index in [0.717, 1.165) is 55.7 Å². The highest BCUT2D eigenvalue weighted by molar-refractivity contribution is 6.10. The van der Waals surface area contributed by atoms with Gasteiger partial charge in [0.05, 0.1) is 5.69 Å². The zero-order chi connectivity index (χ0) is 35.6. The lowest BCUT2D eigenvalue weighted by atomic mass is 9.82. The molecule has 4 heteroatoms. The molecule has 2 heterocycles. The molecule has 0 amide bonds. The molecule has 53 heavy (non-hydrogen) atoms. The van der Waals surface area contributed by atoms with E-state index in [1.807, 2.05) is 36.4 Å². The van der Waals surface area contributed by atoms with Gasteiger partial charge in [0, 0.05) is 56.2 Å². The number of nitrogens with zero attached hydrogens (tertiary/aromatic N) is 2. The largest absolute Gasteiger partial charge is 0.456 e. The number of oxazole rings is 1. The molecule has 7 aromatic carbocycles. The monoisotopic (exact) mass is 684 g/mol. The van der Waals surface area contributed by atoms with E-state index in [0.29, 0.717) is 5.89 Å². The van der Waals surface area contributed by atoms with Crippen LogP contribution in [0.3, 0.4) is 0 Å². The average molecular weight is 685 g/mol. The molecule has 4 nitrogen and oxygen atoms in total. The van der Waals surface area contributed by atoms with Crippen LogP contribution in [0.1, 0.15) is 49.9 Å². The summed E-state index contributed by atoms with van der Waals surface area (Å²) in [5.74, 6) is 0.607. The van der Waals surface area contributed by atoms with Crippen LogP contribution in [0.5, 0.6) is 0 Å². The first-order valence-corrected chi connectivity index (χ1v) is 18.4. The van der Waals surface area contributed by atoms with Crippen molar-refractivity contribution in [1.29, 1.82) is 0 Å². The van der Waals surface area contributed by atoms with Crippen LogP contribution in [-0.2, 0) is 10.8 Å². The molecule has 2 aliphatic carbocycles. The molecule has 0 N–H and O–H groups in total. The molecule has 0 spiro atoms. The molecular weight excluding hydrogens is 649 g/mol. The molecule has 0 bridgehead atoms. The van der Waals surface area contributed by atoms with Crippen LogP contribution in [0, 0.1) is 0 Å². The maximum absolute atomic E-state index is 6.66. The molecule has 0 fully saturated rings. The fourth-order valence-electron chi connectivity index (χ4n) is 9.23. The normalized spacial score (nSPS) is 14.7. The summed E-state index contributed by atoms with van der Waals surface area (Å²) in [5.41, 5.74) is 17.7. The summed E-state index contributed by atoms with van der Waals surface area (Å²) in [6.45, 7) is 9.36. The van der Waals surface area contributed by atoms with E-state index in [1.54, 1.807) is 0 Å². The second kappa shape index (κ2) is 10.6. The molecule has 0 atom stereocenters. The van der Waals surface area contributed by atoms with Crippen molar-refractivity contribution in [3.05, 3.63) is 168 Å². The van der Waals surface area contributed by atoms with Gasteiger partial charge in [-0.05, 0) is 87.5 Å². The molecule has 0 saturated heterocycles. The lowest BCUT2D eigenvalue weighted by Gasteiger charge is -2.29. The maximum atomic E-state index is 6.66. The van der Waals surface area contributed by atoms with E-state index in [4.69, 9.17) is 13.8 Å². The van der Waals surface area contributed by atoms with Gasteiger partial charge in [0.25, 0.3) is 0 Å². The molecule has 2 aliphatic rings. The summed E-state index contributed by atoms with van der Waals surface area (Å²) in [6.07, 6.45) is 0. The Balaban J connectivity index is 1.12. The van der Waals surface area contributed by atoms with Gasteiger partial charge in [-0.2, -0.15) is 0 Å². The van der Waals surface area contributed by atoms with Gasteiger partial charge >= 0.3 is 0 Å². The van der Waals surface area contributed by atoms with Crippen molar-refractivity contribution in [2.24, 2.45) is 0 Å². The van der Waals surface area contributed by atoms with Crippen LogP contribution in [0.4, 0.5) is 17.1 Å². The summed E-state index contributed by atoms with van der Waals surface area (Å²) >= 11 is 0. The number of fused-ring (bicyclic) bond motifs is 10. The average Bonchev–Trinajstić information content (AvgIpc) is 3.89. The Morgan fingerprint density at radius 1 is 0.472 bits per heavy atom. The summed E-state index contributed by atoms with van der Waals surface area (Å²) in [7, 11) is 0. The van der Waals surface area contributed by atoms with Crippen LogP contribution in [0.2, 0.25) is 0 Å². The highest BCUT2D eigenvalue weighted by Crippen LogP contribution is 2.56. The SMILES string of the molecule is CC1(C)c2ccccc2-c2cc(N(c3ccc4c(c3)oc3cc5nc(-c6ccccc6)oc5cc34)c3cccc4c3-c3ccccc3C4(C)C)ccc21. The first-order valence-electron chi connectivity index (χ1n) is 18.4. The van der Waals surface area contributed by atoms with E-state index in [9.17, 15) is 0 Å². The maximum Gasteiger partial charge on any atom is 0.227 e. The summed E-state index contributed by atoms with van der Waals surface area (Å²) in [4.78, 5) is 7.24. The molecule has 254 valence electrons. The Morgan fingerprint density at radius 2 is 1.11 bits per heavy atom. The third-order valence-electron chi connectivity index (χ3n) is 11.9. The zero-order valence-electron chi connectivity index (χ0n) is 30.1. The Morgan fingerprint density at radius 3 is 1.94 bits per heavy atom. The topological polar surface area (TPSA) is 42.4 Å². The summed E-state index contributed by atoms with van der Waals surface area (Å²) < 4.78 is 12.9. The lowest BCUT2D eigenvalue weighted by molar-refractivity contribution is 0.620. The van der Waals surface area contributed by atoms with Crippen LogP contribution in [0.15, 0.2) is 154 Å². The second-order valence-electron chi connectivity index (χ2n) is 15.6. The molecule has 2 aromatic heterocycles. The van der Waals surface area contributed by atoms with Crippen molar-refractivity contribution in [3.8, 4) is 33.7 Å². The third kappa shape index (κ3) is 4.21. The molecule has 11 rings (SSSR count). The first kappa shape index (κ1) is 30.3. The van der Waals surface area contributed by atoms with Gasteiger partial charge in [0.2, 0.25) is 5.89 Å². The van der Waals surface area contributed by atoms with Crippen molar-refractivity contribution >= 4 is 50.1 Å². The molecule has 0 saturated carbocycles. The van der Waals surface area contributed by atoms with Crippen molar-refractivity contribution in [1.82, 2.24) is 4.98 Å². The standard InChI is InChI=1S/C49H36N2O2/c1-48(2)37-17-10-8-15-32(37)35-25-30(22-24-39(35)48)51(42-20-12-19-40-46(42)34-16-9-11-18-38(34)49(40,3)4)31-21-23-33-36-27-45-41(28-44(36)52-43(33)26-31)50-47(53-45)29-13-6-5-7-14-29/h5-28H,1-4H3. The van der Waals surface area contributed by atoms with Gasteiger partial charge in [0.1, 0.15) is 16.7 Å². The van der Waals surface area contributed by atoms with Crippen molar-refractivity contribution < 1.29 is 8.83 Å². The minimum Gasteiger partial charge on any atom is -0.456 e. The van der Waals surface area contributed by atoms with Gasteiger partial charge in [-0.15, -0.1) is 0 Å². The summed E-state index contributed by atoms with van der Waals surface area (Å²) in [5, 5.41) is 2.05. The van der Waals surface area contributed by atoms with Gasteiger partial charge in [-0.1, -0.05) is 113 Å². The third-order valence-corrected chi connectivity index (χ3v) is 11.9. The number of hydrogen-bond donors (Lipinski definition) is 0. The fourth-order valence-corrected chi connectivity index (χ4v) is 9.23. The zero-order valence-corrected chi connectivity index (χ0v) is 30.1. The lowest BCUT2D eigenvalue weighted by Crippen LogP contribution is -2.16. The van der Waals surface area contributed by atoms with E-state index in [-0.39, 0.29) is 10.8 Å².